The van der Waals surface area contributed by atoms with Crippen molar-refractivity contribution in [1.82, 2.24) is 19.4 Å². The quantitative estimate of drug-likeness (QED) is 0.792. The molecule has 0 aliphatic carbocycles. The average Bonchev–Trinajstić information content (AvgIpc) is 2.85. The van der Waals surface area contributed by atoms with Gasteiger partial charge in [-0.25, -0.2) is 15.0 Å². The van der Waals surface area contributed by atoms with Crippen LogP contribution in [0.15, 0.2) is 36.8 Å². The van der Waals surface area contributed by atoms with Crippen LogP contribution in [0.25, 0.3) is 5.65 Å². The predicted molar refractivity (Wildman–Crippen MR) is 81.7 cm³/mol. The number of nitrogens with one attached hydrogen (secondary N) is 1. The van der Waals surface area contributed by atoms with Crippen LogP contribution in [0.4, 0.5) is 17.3 Å². The summed E-state index contributed by atoms with van der Waals surface area (Å²) >= 11 is 0. The van der Waals surface area contributed by atoms with Gasteiger partial charge in [-0.2, -0.15) is 0 Å². The summed E-state index contributed by atoms with van der Waals surface area (Å²) in [7, 11) is 3.92. The highest BCUT2D eigenvalue weighted by Crippen LogP contribution is 2.19. The van der Waals surface area contributed by atoms with E-state index in [-0.39, 0.29) is 1.43 Å². The topological polar surface area (TPSA) is 58.4 Å². The number of rotatable bonds is 3. The standard InChI is InChI=1S/C14H16N6.H2/c1-10-16-12(9-14(17-10)19(2)3)18-11-4-6-20-7-5-15-13(20)8-11;/h4-9H,1-3H3,(H,16,17,18);1H. The molecule has 0 unspecified atom stereocenters. The molecule has 1 N–H and O–H groups in total. The third-order valence-electron chi connectivity index (χ3n) is 2.95. The molecule has 0 spiro atoms. The summed E-state index contributed by atoms with van der Waals surface area (Å²) in [6.07, 6.45) is 5.65. The van der Waals surface area contributed by atoms with Crippen LogP contribution < -0.4 is 10.2 Å². The summed E-state index contributed by atoms with van der Waals surface area (Å²) in [4.78, 5) is 15.0. The molecule has 0 aliphatic heterocycles. The van der Waals surface area contributed by atoms with Gasteiger partial charge in [0.1, 0.15) is 23.1 Å². The van der Waals surface area contributed by atoms with Crippen LogP contribution in [-0.4, -0.2) is 33.4 Å². The zero-order valence-electron chi connectivity index (χ0n) is 11.7. The van der Waals surface area contributed by atoms with E-state index in [2.05, 4.69) is 20.3 Å². The third kappa shape index (κ3) is 2.40. The number of aromatic nitrogens is 4. The Kier molecular flexibility index (Phi) is 2.98. The van der Waals surface area contributed by atoms with Crippen LogP contribution >= 0.6 is 0 Å². The monoisotopic (exact) mass is 270 g/mol. The van der Waals surface area contributed by atoms with E-state index in [0.29, 0.717) is 0 Å². The number of pyridine rings is 1. The smallest absolute Gasteiger partial charge is 0.138 e. The van der Waals surface area contributed by atoms with Crippen molar-refractivity contribution < 1.29 is 1.43 Å². The predicted octanol–water partition coefficient (Wildman–Crippen LogP) is 2.49. The second-order valence-corrected chi connectivity index (χ2v) is 4.79. The molecule has 0 aliphatic rings. The molecule has 0 amide bonds. The molecular weight excluding hydrogens is 252 g/mol. The molecule has 104 valence electrons. The Balaban J connectivity index is 0.00000161. The van der Waals surface area contributed by atoms with Gasteiger partial charge in [-0.05, 0) is 13.0 Å². The molecule has 6 nitrogen and oxygen atoms in total. The van der Waals surface area contributed by atoms with Crippen molar-refractivity contribution >= 4 is 23.0 Å². The molecule has 6 heteroatoms. The van der Waals surface area contributed by atoms with Gasteiger partial charge in [-0.15, -0.1) is 0 Å². The Bertz CT molecular complexity index is 752. The van der Waals surface area contributed by atoms with Gasteiger partial charge in [0.15, 0.2) is 0 Å². The average molecular weight is 270 g/mol. The number of hydrogen-bond donors (Lipinski definition) is 1. The molecule has 0 bridgehead atoms. The molecule has 0 atom stereocenters. The molecule has 3 aromatic heterocycles. The number of hydrogen-bond acceptors (Lipinski definition) is 5. The van der Waals surface area contributed by atoms with Gasteiger partial charge in [0.25, 0.3) is 0 Å². The van der Waals surface area contributed by atoms with Gasteiger partial charge in [-0.1, -0.05) is 0 Å². The highest BCUT2D eigenvalue weighted by atomic mass is 15.2. The normalized spacial score (nSPS) is 10.8. The van der Waals surface area contributed by atoms with Gasteiger partial charge in [0.05, 0.1) is 0 Å². The Labute approximate surface area is 118 Å². The van der Waals surface area contributed by atoms with Gasteiger partial charge < -0.3 is 14.6 Å². The van der Waals surface area contributed by atoms with Gasteiger partial charge >= 0.3 is 0 Å². The van der Waals surface area contributed by atoms with Crippen molar-refractivity contribution in [2.75, 3.05) is 24.3 Å². The van der Waals surface area contributed by atoms with E-state index in [1.54, 1.807) is 6.20 Å². The lowest BCUT2D eigenvalue weighted by atomic mass is 10.3. The minimum absolute atomic E-state index is 0. The molecular formula is C14H18N6. The molecule has 3 rings (SSSR count). The highest BCUT2D eigenvalue weighted by molar-refractivity contribution is 5.63. The van der Waals surface area contributed by atoms with Crippen molar-refractivity contribution in [2.45, 2.75) is 6.92 Å². The van der Waals surface area contributed by atoms with Gasteiger partial charge in [0.2, 0.25) is 0 Å². The second-order valence-electron chi connectivity index (χ2n) is 4.79. The maximum absolute atomic E-state index is 4.40. The molecule has 0 saturated heterocycles. The number of nitrogens with zero attached hydrogens (tertiary/aromatic N) is 5. The van der Waals surface area contributed by atoms with E-state index in [0.717, 1.165) is 28.8 Å². The minimum atomic E-state index is 0. The van der Waals surface area contributed by atoms with Crippen LogP contribution in [0.3, 0.4) is 0 Å². The first kappa shape index (κ1) is 12.4. The summed E-state index contributed by atoms with van der Waals surface area (Å²) in [5, 5.41) is 3.29. The first-order valence-electron chi connectivity index (χ1n) is 6.34. The van der Waals surface area contributed by atoms with E-state index >= 15 is 0 Å². The van der Waals surface area contributed by atoms with Crippen LogP contribution in [0.2, 0.25) is 0 Å². The van der Waals surface area contributed by atoms with E-state index in [4.69, 9.17) is 0 Å². The van der Waals surface area contributed by atoms with Crippen molar-refractivity contribution in [3.63, 3.8) is 0 Å². The first-order chi connectivity index (χ1) is 9.61. The van der Waals surface area contributed by atoms with Crippen LogP contribution in [0.5, 0.6) is 0 Å². The molecule has 20 heavy (non-hydrogen) atoms. The molecule has 0 radical (unpaired) electrons. The fourth-order valence-electron chi connectivity index (χ4n) is 1.98. The lowest BCUT2D eigenvalue weighted by molar-refractivity contribution is 0.991. The lowest BCUT2D eigenvalue weighted by Gasteiger charge is -2.14. The summed E-state index contributed by atoms with van der Waals surface area (Å²) in [5.74, 6) is 2.39. The SMILES string of the molecule is Cc1nc(Nc2ccn3ccnc3c2)cc(N(C)C)n1.[HH]. The fourth-order valence-corrected chi connectivity index (χ4v) is 1.98. The molecule has 0 fully saturated rings. The number of fused-ring (bicyclic) bond motifs is 1. The van der Waals surface area contributed by atoms with E-state index < -0.39 is 0 Å². The van der Waals surface area contributed by atoms with Crippen molar-refractivity contribution in [2.24, 2.45) is 0 Å². The Hall–Kier alpha value is -2.63. The van der Waals surface area contributed by atoms with Gasteiger partial charge in [-0.3, -0.25) is 0 Å². The van der Waals surface area contributed by atoms with Crippen molar-refractivity contribution in [3.05, 3.63) is 42.6 Å². The van der Waals surface area contributed by atoms with E-state index in [1.165, 1.54) is 0 Å². The fraction of sp³-hybridized carbons (Fsp3) is 0.214. The van der Waals surface area contributed by atoms with Crippen molar-refractivity contribution in [1.29, 1.82) is 0 Å². The van der Waals surface area contributed by atoms with Crippen molar-refractivity contribution in [3.8, 4) is 0 Å². The molecule has 0 saturated carbocycles. The van der Waals surface area contributed by atoms with Crippen LogP contribution in [-0.2, 0) is 0 Å². The lowest BCUT2D eigenvalue weighted by Crippen LogP contribution is -2.12. The molecule has 3 aromatic rings. The molecule has 3 heterocycles. The van der Waals surface area contributed by atoms with E-state index in [9.17, 15) is 0 Å². The largest absolute Gasteiger partial charge is 0.363 e. The first-order valence-corrected chi connectivity index (χ1v) is 6.34. The van der Waals surface area contributed by atoms with Crippen LogP contribution in [0.1, 0.15) is 7.25 Å². The van der Waals surface area contributed by atoms with Crippen LogP contribution in [0, 0.1) is 6.92 Å². The zero-order valence-corrected chi connectivity index (χ0v) is 11.7. The Morgan fingerprint density at radius 3 is 2.85 bits per heavy atom. The Morgan fingerprint density at radius 1 is 1.20 bits per heavy atom. The summed E-state index contributed by atoms with van der Waals surface area (Å²) < 4.78 is 1.96. The third-order valence-corrected chi connectivity index (χ3v) is 2.95. The number of imidazole rings is 1. The Morgan fingerprint density at radius 2 is 2.05 bits per heavy atom. The highest BCUT2D eigenvalue weighted by Gasteiger charge is 2.04. The summed E-state index contributed by atoms with van der Waals surface area (Å²) in [6.45, 7) is 1.88. The van der Waals surface area contributed by atoms with E-state index in [1.807, 2.05) is 60.9 Å². The summed E-state index contributed by atoms with van der Waals surface area (Å²) in [6, 6.07) is 5.89. The molecule has 0 aromatic carbocycles. The maximum atomic E-state index is 4.40. The maximum Gasteiger partial charge on any atom is 0.138 e. The summed E-state index contributed by atoms with van der Waals surface area (Å²) in [5.41, 5.74) is 1.85. The number of aryl methyl sites for hydroxylation is 1. The number of anilines is 3. The zero-order chi connectivity index (χ0) is 14.1. The van der Waals surface area contributed by atoms with Gasteiger partial charge in [0, 0.05) is 51.9 Å². The second kappa shape index (κ2) is 4.80. The minimum Gasteiger partial charge on any atom is -0.363 e.